The number of carboxylic acid groups (broad SMARTS) is 1. The van der Waals surface area contributed by atoms with Gasteiger partial charge in [0, 0.05) is 0 Å². The van der Waals surface area contributed by atoms with Crippen LogP contribution in [0, 0.1) is 0 Å². The number of carbonyl (C=O) groups excluding carboxylic acids is 1. The zero-order valence-electron chi connectivity index (χ0n) is 12.4. The van der Waals surface area contributed by atoms with Crippen LogP contribution < -0.4 is 0 Å². The summed E-state index contributed by atoms with van der Waals surface area (Å²) >= 11 is 0. The predicted molar refractivity (Wildman–Crippen MR) is 69.2 cm³/mol. The van der Waals surface area contributed by atoms with Crippen molar-refractivity contribution in [2.75, 3.05) is 26.3 Å². The van der Waals surface area contributed by atoms with Crippen molar-refractivity contribution in [3.05, 3.63) is 35.4 Å². The summed E-state index contributed by atoms with van der Waals surface area (Å²) in [6, 6.07) is 5.76. The van der Waals surface area contributed by atoms with Crippen LogP contribution in [0.15, 0.2) is 24.3 Å². The molecule has 0 unspecified atom stereocenters. The van der Waals surface area contributed by atoms with Crippen LogP contribution in [0.3, 0.4) is 0 Å². The summed E-state index contributed by atoms with van der Waals surface area (Å²) in [7, 11) is 0. The number of rotatable bonds is 3. The fourth-order valence-corrected chi connectivity index (χ4v) is 1.59. The smallest absolute Gasteiger partial charge is 1.00 e. The molecule has 19 heavy (non-hydrogen) atoms. The molecule has 100 valence electrons. The first-order valence-electron chi connectivity index (χ1n) is 5.55. The van der Waals surface area contributed by atoms with Crippen molar-refractivity contribution >= 4 is 49.7 Å². The zero-order chi connectivity index (χ0) is 13.0. The van der Waals surface area contributed by atoms with E-state index in [2.05, 4.69) is 0 Å². The van der Waals surface area contributed by atoms with Crippen molar-refractivity contribution in [2.24, 2.45) is 0 Å². The quantitative estimate of drug-likeness (QED) is 0.824. The number of carbonyl (C=O) groups is 2. The molecule has 1 aromatic rings. The van der Waals surface area contributed by atoms with Gasteiger partial charge in [0.15, 0.2) is 0 Å². The molecule has 7 heteroatoms. The molecule has 0 aliphatic carbocycles. The van der Waals surface area contributed by atoms with Gasteiger partial charge in [-0.05, 0) is 18.2 Å². The number of morpholine rings is 1. The molecular formula is C12H15CaNO5. The van der Waals surface area contributed by atoms with E-state index in [4.69, 9.17) is 14.7 Å². The van der Waals surface area contributed by atoms with Crippen molar-refractivity contribution in [2.45, 2.75) is 0 Å². The van der Waals surface area contributed by atoms with Gasteiger partial charge in [-0.2, -0.15) is 0 Å². The Bertz CT molecular complexity index is 469. The first-order valence-corrected chi connectivity index (χ1v) is 5.55. The summed E-state index contributed by atoms with van der Waals surface area (Å²) in [6.07, 6.45) is 0. The molecule has 1 N–H and O–H groups in total. The van der Waals surface area contributed by atoms with Crippen LogP contribution in [0.2, 0.25) is 0 Å². The van der Waals surface area contributed by atoms with Crippen molar-refractivity contribution in [1.82, 2.24) is 5.06 Å². The maximum atomic E-state index is 11.8. The molecule has 0 radical (unpaired) electrons. The van der Waals surface area contributed by atoms with E-state index in [0.717, 1.165) is 0 Å². The summed E-state index contributed by atoms with van der Waals surface area (Å²) in [5.41, 5.74) is 0.285. The maximum Gasteiger partial charge on any atom is 2.00 e. The van der Waals surface area contributed by atoms with Gasteiger partial charge in [0.2, 0.25) is 0 Å². The van der Waals surface area contributed by atoms with Crippen LogP contribution in [0.4, 0.5) is 0 Å². The first-order chi connectivity index (χ1) is 8.66. The van der Waals surface area contributed by atoms with Gasteiger partial charge >= 0.3 is 49.7 Å². The van der Waals surface area contributed by atoms with Crippen LogP contribution in [-0.2, 0) is 9.57 Å². The molecule has 0 aromatic heterocycles. The number of hydroxylamine groups is 2. The molecule has 0 bridgehead atoms. The average Bonchev–Trinajstić information content (AvgIpc) is 2.40. The third kappa shape index (κ3) is 4.74. The molecular weight excluding hydrogens is 278 g/mol. The molecule has 1 saturated heterocycles. The molecule has 2 rings (SSSR count). The summed E-state index contributed by atoms with van der Waals surface area (Å²) < 4.78 is 5.13. The van der Waals surface area contributed by atoms with Gasteiger partial charge in [-0.15, -0.1) is 5.06 Å². The van der Waals surface area contributed by atoms with Crippen LogP contribution in [-0.4, -0.2) is 86.1 Å². The van der Waals surface area contributed by atoms with Crippen molar-refractivity contribution in [1.29, 1.82) is 0 Å². The molecule has 1 heterocycles. The summed E-state index contributed by atoms with van der Waals surface area (Å²) in [5.74, 6) is -1.63. The molecule has 0 atom stereocenters. The molecule has 0 amide bonds. The fourth-order valence-electron chi connectivity index (χ4n) is 1.59. The van der Waals surface area contributed by atoms with E-state index in [1.807, 2.05) is 0 Å². The SMILES string of the molecule is O=C(O)c1cccc(C(=O)ON2CCOCC2)c1.[Ca+2].[H-].[H-]. The van der Waals surface area contributed by atoms with Gasteiger partial charge in [-0.3, -0.25) is 0 Å². The summed E-state index contributed by atoms with van der Waals surface area (Å²) in [6.45, 7) is 2.07. The number of nitrogens with zero attached hydrogens (tertiary/aromatic N) is 1. The number of aromatic carboxylic acids is 1. The molecule has 1 fully saturated rings. The zero-order valence-corrected chi connectivity index (χ0v) is 12.6. The Balaban J connectivity index is 0. The second-order valence-electron chi connectivity index (χ2n) is 3.81. The van der Waals surface area contributed by atoms with Crippen LogP contribution in [0.5, 0.6) is 0 Å². The van der Waals surface area contributed by atoms with Gasteiger partial charge in [-0.25, -0.2) is 9.59 Å². The second kappa shape index (κ2) is 7.81. The minimum absolute atomic E-state index is 0. The Morgan fingerprint density at radius 1 is 1.26 bits per heavy atom. The van der Waals surface area contributed by atoms with Gasteiger partial charge in [-0.1, -0.05) is 6.07 Å². The van der Waals surface area contributed by atoms with E-state index in [-0.39, 0.29) is 51.7 Å². The van der Waals surface area contributed by atoms with Crippen molar-refractivity contribution in [3.63, 3.8) is 0 Å². The Labute approximate surface area is 143 Å². The Morgan fingerprint density at radius 2 is 1.89 bits per heavy atom. The minimum atomic E-state index is -1.07. The Hall–Kier alpha value is -0.660. The number of hydrogen-bond acceptors (Lipinski definition) is 5. The molecule has 0 saturated carbocycles. The van der Waals surface area contributed by atoms with Gasteiger partial charge < -0.3 is 17.5 Å². The number of benzene rings is 1. The summed E-state index contributed by atoms with van der Waals surface area (Å²) in [5, 5.41) is 10.3. The Morgan fingerprint density at radius 3 is 2.53 bits per heavy atom. The van der Waals surface area contributed by atoms with E-state index in [1.165, 1.54) is 29.3 Å². The van der Waals surface area contributed by atoms with E-state index >= 15 is 0 Å². The molecule has 1 aromatic carbocycles. The van der Waals surface area contributed by atoms with E-state index in [9.17, 15) is 9.59 Å². The third-order valence-electron chi connectivity index (χ3n) is 2.53. The largest absolute Gasteiger partial charge is 2.00 e. The topological polar surface area (TPSA) is 76.1 Å². The Kier molecular flexibility index (Phi) is 6.74. The third-order valence-corrected chi connectivity index (χ3v) is 2.53. The van der Waals surface area contributed by atoms with Crippen LogP contribution in [0.25, 0.3) is 0 Å². The fraction of sp³-hybridized carbons (Fsp3) is 0.333. The number of carboxylic acids is 1. The number of hydrogen-bond donors (Lipinski definition) is 1. The van der Waals surface area contributed by atoms with E-state index < -0.39 is 11.9 Å². The first kappa shape index (κ1) is 16.4. The maximum absolute atomic E-state index is 11.8. The van der Waals surface area contributed by atoms with Crippen molar-refractivity contribution in [3.8, 4) is 0 Å². The predicted octanol–water partition coefficient (Wildman–Crippen LogP) is 0.633. The van der Waals surface area contributed by atoms with Crippen molar-refractivity contribution < 1.29 is 27.1 Å². The second-order valence-corrected chi connectivity index (χ2v) is 3.81. The van der Waals surface area contributed by atoms with Crippen LogP contribution >= 0.6 is 0 Å². The molecule has 1 aliphatic rings. The van der Waals surface area contributed by atoms with Gasteiger partial charge in [0.05, 0.1) is 37.4 Å². The normalized spacial score (nSPS) is 15.4. The van der Waals surface area contributed by atoms with Gasteiger partial charge in [0.1, 0.15) is 0 Å². The molecule has 0 spiro atoms. The van der Waals surface area contributed by atoms with E-state index in [0.29, 0.717) is 26.3 Å². The van der Waals surface area contributed by atoms with Gasteiger partial charge in [0.25, 0.3) is 0 Å². The summed E-state index contributed by atoms with van der Waals surface area (Å²) in [4.78, 5) is 27.7. The molecule has 6 nitrogen and oxygen atoms in total. The van der Waals surface area contributed by atoms with E-state index in [1.54, 1.807) is 0 Å². The monoisotopic (exact) mass is 293 g/mol. The molecule has 1 aliphatic heterocycles. The minimum Gasteiger partial charge on any atom is -1.00 e. The number of ether oxygens (including phenoxy) is 1. The standard InChI is InChI=1S/C12H13NO5.Ca.2H/c14-11(15)9-2-1-3-10(8-9)12(16)18-13-4-6-17-7-5-13;;;/h1-3,8H,4-7H2,(H,14,15);;;/q;+2;2*-1. The van der Waals surface area contributed by atoms with Crippen LogP contribution in [0.1, 0.15) is 23.6 Å². The average molecular weight is 293 g/mol.